The van der Waals surface area contributed by atoms with Gasteiger partial charge < -0.3 is 4.42 Å². The molecule has 1 aliphatic rings. The number of nitrogens with zero attached hydrogens (tertiary/aromatic N) is 4. The van der Waals surface area contributed by atoms with Gasteiger partial charge in [-0.1, -0.05) is 12.1 Å². The van der Waals surface area contributed by atoms with E-state index in [1.807, 2.05) is 18.2 Å². The molecular weight excluding hydrogens is 384 g/mol. The normalized spacial score (nSPS) is 13.6. The smallest absolute Gasteiger partial charge is 0.282 e. The van der Waals surface area contributed by atoms with Gasteiger partial charge >= 0.3 is 0 Å². The Labute approximate surface area is 170 Å². The first-order chi connectivity index (χ1) is 14.2. The molecule has 6 nitrogen and oxygen atoms in total. The lowest BCUT2D eigenvalue weighted by atomic mass is 9.97. The number of aryl methyl sites for hydroxylation is 2. The topological polar surface area (TPSA) is 84.2 Å². The van der Waals surface area contributed by atoms with Crippen molar-refractivity contribution < 1.29 is 4.42 Å². The minimum atomic E-state index is -0.146. The SMILES string of the molecule is N#Cc1ccccc1-c1ccc(/C=N/n2cnc3sc4c(c3c2=O)CCCC4)o1. The molecule has 0 saturated carbocycles. The first-order valence-corrected chi connectivity index (χ1v) is 10.2. The zero-order chi connectivity index (χ0) is 19.8. The van der Waals surface area contributed by atoms with Crippen LogP contribution in [0.4, 0.5) is 0 Å². The molecule has 0 aliphatic heterocycles. The van der Waals surface area contributed by atoms with E-state index in [1.165, 1.54) is 28.5 Å². The van der Waals surface area contributed by atoms with Crippen molar-refractivity contribution in [1.82, 2.24) is 9.66 Å². The molecule has 0 spiro atoms. The van der Waals surface area contributed by atoms with Crippen molar-refractivity contribution in [2.45, 2.75) is 25.7 Å². The standard InChI is InChI=1S/C22H16N4O2S/c23-11-14-5-1-2-6-16(14)18-10-9-15(28-18)12-25-26-13-24-21-20(22(26)27)17-7-3-4-8-19(17)29-21/h1-2,5-6,9-10,12-13H,3-4,7-8H2/b25-12+. The minimum absolute atomic E-state index is 0.146. The average Bonchev–Trinajstić information content (AvgIpc) is 3.38. The second-order valence-corrected chi connectivity index (χ2v) is 7.97. The number of hydrogen-bond acceptors (Lipinski definition) is 6. The quantitative estimate of drug-likeness (QED) is 0.479. The third-order valence-electron chi connectivity index (χ3n) is 5.11. The van der Waals surface area contributed by atoms with Gasteiger partial charge in [0.05, 0.1) is 23.2 Å². The molecule has 3 heterocycles. The van der Waals surface area contributed by atoms with E-state index in [1.54, 1.807) is 29.5 Å². The molecule has 0 fully saturated rings. The van der Waals surface area contributed by atoms with E-state index in [4.69, 9.17) is 4.42 Å². The van der Waals surface area contributed by atoms with E-state index in [0.717, 1.165) is 35.2 Å². The van der Waals surface area contributed by atoms with Crippen LogP contribution in [0.1, 0.15) is 34.6 Å². The van der Waals surface area contributed by atoms with Crippen molar-refractivity contribution in [2.75, 3.05) is 0 Å². The van der Waals surface area contributed by atoms with E-state index < -0.39 is 0 Å². The Hall–Kier alpha value is -3.50. The molecule has 7 heteroatoms. The van der Waals surface area contributed by atoms with Gasteiger partial charge in [-0.25, -0.2) is 4.98 Å². The molecule has 1 aliphatic carbocycles. The van der Waals surface area contributed by atoms with Crippen LogP contribution in [-0.2, 0) is 12.8 Å². The predicted molar refractivity (Wildman–Crippen MR) is 112 cm³/mol. The maximum absolute atomic E-state index is 12.9. The van der Waals surface area contributed by atoms with Gasteiger partial charge in [0, 0.05) is 10.4 Å². The van der Waals surface area contributed by atoms with Gasteiger partial charge in [0.1, 0.15) is 22.7 Å². The molecule has 0 unspecified atom stereocenters. The highest BCUT2D eigenvalue weighted by atomic mass is 32.1. The van der Waals surface area contributed by atoms with Crippen molar-refractivity contribution in [3.63, 3.8) is 0 Å². The summed E-state index contributed by atoms with van der Waals surface area (Å²) < 4.78 is 7.06. The molecule has 142 valence electrons. The molecule has 1 aromatic carbocycles. The van der Waals surface area contributed by atoms with Crippen LogP contribution in [0, 0.1) is 11.3 Å². The van der Waals surface area contributed by atoms with Gasteiger partial charge in [-0.2, -0.15) is 15.0 Å². The highest BCUT2D eigenvalue weighted by Gasteiger charge is 2.19. The van der Waals surface area contributed by atoms with Crippen molar-refractivity contribution in [2.24, 2.45) is 5.10 Å². The van der Waals surface area contributed by atoms with Crippen LogP contribution in [0.25, 0.3) is 21.5 Å². The second-order valence-electron chi connectivity index (χ2n) is 6.89. The van der Waals surface area contributed by atoms with Gasteiger partial charge in [0.15, 0.2) is 0 Å². The van der Waals surface area contributed by atoms with Crippen LogP contribution in [0.3, 0.4) is 0 Å². The summed E-state index contributed by atoms with van der Waals surface area (Å²) in [5.41, 5.74) is 2.26. The van der Waals surface area contributed by atoms with Crippen LogP contribution in [-0.4, -0.2) is 15.9 Å². The molecule has 0 N–H and O–H groups in total. The molecule has 0 saturated heterocycles. The number of benzene rings is 1. The van der Waals surface area contributed by atoms with Gasteiger partial charge in [0.2, 0.25) is 0 Å². The molecule has 0 amide bonds. The van der Waals surface area contributed by atoms with Gasteiger partial charge in [-0.3, -0.25) is 4.79 Å². The molecule has 3 aromatic heterocycles. The molecule has 5 rings (SSSR count). The Morgan fingerprint density at radius 3 is 2.97 bits per heavy atom. The lowest BCUT2D eigenvalue weighted by Crippen LogP contribution is -2.17. The summed E-state index contributed by atoms with van der Waals surface area (Å²) in [6.07, 6.45) is 7.18. The molecule has 4 aromatic rings. The van der Waals surface area contributed by atoms with Crippen LogP contribution >= 0.6 is 11.3 Å². The Balaban J connectivity index is 1.49. The highest BCUT2D eigenvalue weighted by molar-refractivity contribution is 7.18. The van der Waals surface area contributed by atoms with E-state index >= 15 is 0 Å². The molecular formula is C22H16N4O2S. The van der Waals surface area contributed by atoms with Gasteiger partial charge in [-0.15, -0.1) is 11.3 Å². The summed E-state index contributed by atoms with van der Waals surface area (Å²) in [6, 6.07) is 13.0. The molecule has 29 heavy (non-hydrogen) atoms. The van der Waals surface area contributed by atoms with Crippen molar-refractivity contribution >= 4 is 27.8 Å². The van der Waals surface area contributed by atoms with Gasteiger partial charge in [0.25, 0.3) is 5.56 Å². The van der Waals surface area contributed by atoms with E-state index in [2.05, 4.69) is 16.2 Å². The Kier molecular flexibility index (Phi) is 4.34. The fourth-order valence-corrected chi connectivity index (χ4v) is 4.92. The predicted octanol–water partition coefficient (Wildman–Crippen LogP) is 4.35. The van der Waals surface area contributed by atoms with Crippen LogP contribution in [0.5, 0.6) is 0 Å². The fraction of sp³-hybridized carbons (Fsp3) is 0.182. The number of aromatic nitrogens is 2. The van der Waals surface area contributed by atoms with Crippen LogP contribution < -0.4 is 5.56 Å². The number of hydrogen-bond donors (Lipinski definition) is 0. The summed E-state index contributed by atoms with van der Waals surface area (Å²) in [6.45, 7) is 0. The molecule has 0 radical (unpaired) electrons. The van der Waals surface area contributed by atoms with E-state index in [-0.39, 0.29) is 5.56 Å². The minimum Gasteiger partial charge on any atom is -0.455 e. The van der Waals surface area contributed by atoms with Crippen molar-refractivity contribution in [3.05, 3.63) is 74.8 Å². The fourth-order valence-electron chi connectivity index (χ4n) is 3.70. The average molecular weight is 400 g/mol. The largest absolute Gasteiger partial charge is 0.455 e. The molecule has 0 atom stereocenters. The third-order valence-corrected chi connectivity index (χ3v) is 6.31. The second kappa shape index (κ2) is 7.15. The lowest BCUT2D eigenvalue weighted by molar-refractivity contribution is 0.574. The summed E-state index contributed by atoms with van der Waals surface area (Å²) in [5.74, 6) is 1.07. The maximum atomic E-state index is 12.9. The van der Waals surface area contributed by atoms with Crippen LogP contribution in [0.2, 0.25) is 0 Å². The highest BCUT2D eigenvalue weighted by Crippen LogP contribution is 2.33. The zero-order valence-electron chi connectivity index (χ0n) is 15.5. The number of rotatable bonds is 3. The summed E-state index contributed by atoms with van der Waals surface area (Å²) in [5, 5.41) is 14.2. The summed E-state index contributed by atoms with van der Waals surface area (Å²) in [4.78, 5) is 19.5. The summed E-state index contributed by atoms with van der Waals surface area (Å²) in [7, 11) is 0. The Morgan fingerprint density at radius 1 is 1.21 bits per heavy atom. The van der Waals surface area contributed by atoms with E-state index in [9.17, 15) is 10.1 Å². The first-order valence-electron chi connectivity index (χ1n) is 9.40. The van der Waals surface area contributed by atoms with Crippen molar-refractivity contribution in [3.8, 4) is 17.4 Å². The number of furan rings is 1. The maximum Gasteiger partial charge on any atom is 0.282 e. The number of fused-ring (bicyclic) bond motifs is 3. The molecule has 0 bridgehead atoms. The van der Waals surface area contributed by atoms with Crippen molar-refractivity contribution in [1.29, 1.82) is 5.26 Å². The Bertz CT molecular complexity index is 1350. The van der Waals surface area contributed by atoms with Crippen LogP contribution in [0.15, 0.2) is 57.0 Å². The lowest BCUT2D eigenvalue weighted by Gasteiger charge is -2.09. The monoisotopic (exact) mass is 400 g/mol. The third kappa shape index (κ3) is 3.08. The number of nitriles is 1. The van der Waals surface area contributed by atoms with Gasteiger partial charge in [-0.05, 0) is 55.5 Å². The number of thiophene rings is 1. The summed E-state index contributed by atoms with van der Waals surface area (Å²) >= 11 is 1.62. The zero-order valence-corrected chi connectivity index (χ0v) is 16.3. The van der Waals surface area contributed by atoms with E-state index in [0.29, 0.717) is 22.5 Å². The Morgan fingerprint density at radius 2 is 2.07 bits per heavy atom. The first kappa shape index (κ1) is 17.6.